The Morgan fingerprint density at radius 1 is 1.16 bits per heavy atom. The van der Waals surface area contributed by atoms with Crippen LogP contribution in [-0.2, 0) is 11.8 Å². The van der Waals surface area contributed by atoms with Crippen LogP contribution in [0.15, 0.2) is 54.7 Å². The smallest absolute Gasteiger partial charge is 0.220 e. The van der Waals surface area contributed by atoms with Crippen LogP contribution in [0.5, 0.6) is 0 Å². The number of para-hydroxylation sites is 1. The Bertz CT molecular complexity index is 867. The lowest BCUT2D eigenvalue weighted by Gasteiger charge is -2.17. The van der Waals surface area contributed by atoms with Crippen molar-refractivity contribution in [2.75, 3.05) is 6.54 Å². The standard InChI is InChI=1S/C21H23ClN2O/c1-3-12-23-21(25)13-18(15-8-10-16(22)11-9-15)19-14-24(2)20-7-5-4-6-17(19)20/h4-11,14,18H,3,12-13H2,1-2H3,(H,23,25)/t18-/m1/s1. The van der Waals surface area contributed by atoms with Gasteiger partial charge in [0.15, 0.2) is 0 Å². The molecule has 3 rings (SSSR count). The fraction of sp³-hybridized carbons (Fsp3) is 0.286. The number of hydrogen-bond donors (Lipinski definition) is 1. The normalized spacial score (nSPS) is 12.3. The molecule has 130 valence electrons. The molecule has 1 amide bonds. The second kappa shape index (κ2) is 7.75. The number of nitrogens with one attached hydrogen (secondary N) is 1. The number of benzene rings is 2. The van der Waals surface area contributed by atoms with Gasteiger partial charge in [-0.25, -0.2) is 0 Å². The molecule has 0 aliphatic carbocycles. The van der Waals surface area contributed by atoms with E-state index in [4.69, 9.17) is 11.6 Å². The highest BCUT2D eigenvalue weighted by atomic mass is 35.5. The molecule has 0 saturated carbocycles. The minimum absolute atomic E-state index is 0.000206. The summed E-state index contributed by atoms with van der Waals surface area (Å²) in [5.41, 5.74) is 3.45. The maximum absolute atomic E-state index is 12.4. The SMILES string of the molecule is CCCNC(=O)C[C@H](c1ccc(Cl)cc1)c1cn(C)c2ccccc12. The highest BCUT2D eigenvalue weighted by Crippen LogP contribution is 2.34. The van der Waals surface area contributed by atoms with Gasteiger partial charge < -0.3 is 9.88 Å². The van der Waals surface area contributed by atoms with Gasteiger partial charge in [0.05, 0.1) is 0 Å². The molecular formula is C21H23ClN2O. The number of aromatic nitrogens is 1. The van der Waals surface area contributed by atoms with Gasteiger partial charge in [-0.3, -0.25) is 4.79 Å². The fourth-order valence-corrected chi connectivity index (χ4v) is 3.40. The van der Waals surface area contributed by atoms with Gasteiger partial charge in [-0.1, -0.05) is 48.9 Å². The first-order valence-electron chi connectivity index (χ1n) is 8.66. The van der Waals surface area contributed by atoms with E-state index in [1.807, 2.05) is 43.4 Å². The van der Waals surface area contributed by atoms with Crippen LogP contribution in [-0.4, -0.2) is 17.0 Å². The third kappa shape index (κ3) is 3.88. The highest BCUT2D eigenvalue weighted by Gasteiger charge is 2.22. The van der Waals surface area contributed by atoms with E-state index in [1.54, 1.807) is 0 Å². The molecule has 0 saturated heterocycles. The van der Waals surface area contributed by atoms with E-state index in [1.165, 1.54) is 16.5 Å². The van der Waals surface area contributed by atoms with E-state index in [2.05, 4.69) is 35.1 Å². The first-order valence-corrected chi connectivity index (χ1v) is 9.04. The maximum atomic E-state index is 12.4. The number of carbonyl (C=O) groups is 1. The number of hydrogen-bond acceptors (Lipinski definition) is 1. The van der Waals surface area contributed by atoms with Crippen LogP contribution < -0.4 is 5.32 Å². The third-order valence-electron chi connectivity index (χ3n) is 4.54. The first kappa shape index (κ1) is 17.6. The molecular weight excluding hydrogens is 332 g/mol. The summed E-state index contributed by atoms with van der Waals surface area (Å²) in [5.74, 6) is 0.0787. The Balaban J connectivity index is 2.03. The quantitative estimate of drug-likeness (QED) is 0.672. The van der Waals surface area contributed by atoms with Crippen molar-refractivity contribution in [2.24, 2.45) is 7.05 Å². The lowest BCUT2D eigenvalue weighted by atomic mass is 9.88. The molecule has 4 heteroatoms. The lowest BCUT2D eigenvalue weighted by molar-refractivity contribution is -0.121. The molecule has 0 spiro atoms. The summed E-state index contributed by atoms with van der Waals surface area (Å²) < 4.78 is 2.12. The molecule has 1 N–H and O–H groups in total. The number of aryl methyl sites for hydroxylation is 1. The van der Waals surface area contributed by atoms with Crippen molar-refractivity contribution in [1.29, 1.82) is 0 Å². The van der Waals surface area contributed by atoms with Gasteiger partial charge in [-0.15, -0.1) is 0 Å². The van der Waals surface area contributed by atoms with Crippen LogP contribution in [0.4, 0.5) is 0 Å². The van der Waals surface area contributed by atoms with Gasteiger partial charge in [0, 0.05) is 48.1 Å². The van der Waals surface area contributed by atoms with Crippen molar-refractivity contribution < 1.29 is 4.79 Å². The summed E-state index contributed by atoms with van der Waals surface area (Å²) in [5, 5.41) is 4.89. The highest BCUT2D eigenvalue weighted by molar-refractivity contribution is 6.30. The van der Waals surface area contributed by atoms with Crippen molar-refractivity contribution in [1.82, 2.24) is 9.88 Å². The number of nitrogens with zero attached hydrogens (tertiary/aromatic N) is 1. The summed E-state index contributed by atoms with van der Waals surface area (Å²) in [6, 6.07) is 16.1. The van der Waals surface area contributed by atoms with E-state index in [0.29, 0.717) is 18.0 Å². The molecule has 0 fully saturated rings. The summed E-state index contributed by atoms with van der Waals surface area (Å²) in [6.07, 6.45) is 3.50. The van der Waals surface area contributed by atoms with E-state index in [0.717, 1.165) is 12.0 Å². The number of amides is 1. The average Bonchev–Trinajstić information content (AvgIpc) is 2.96. The third-order valence-corrected chi connectivity index (χ3v) is 4.79. The monoisotopic (exact) mass is 354 g/mol. The number of rotatable bonds is 6. The minimum Gasteiger partial charge on any atom is -0.356 e. The number of fused-ring (bicyclic) bond motifs is 1. The second-order valence-electron chi connectivity index (χ2n) is 6.37. The Morgan fingerprint density at radius 3 is 2.60 bits per heavy atom. The van der Waals surface area contributed by atoms with Crippen molar-refractivity contribution in [3.8, 4) is 0 Å². The molecule has 2 aromatic carbocycles. The van der Waals surface area contributed by atoms with Crippen molar-refractivity contribution >= 4 is 28.4 Å². The fourth-order valence-electron chi connectivity index (χ4n) is 3.28. The van der Waals surface area contributed by atoms with Crippen LogP contribution in [0.1, 0.15) is 36.8 Å². The molecule has 1 heterocycles. The summed E-state index contributed by atoms with van der Waals surface area (Å²) in [6.45, 7) is 2.77. The molecule has 0 bridgehead atoms. The van der Waals surface area contributed by atoms with Gasteiger partial charge in [-0.2, -0.15) is 0 Å². The molecule has 0 radical (unpaired) electrons. The van der Waals surface area contributed by atoms with E-state index in [-0.39, 0.29) is 11.8 Å². The summed E-state index contributed by atoms with van der Waals surface area (Å²) >= 11 is 6.05. The Hall–Kier alpha value is -2.26. The zero-order valence-corrected chi connectivity index (χ0v) is 15.4. The second-order valence-corrected chi connectivity index (χ2v) is 6.81. The molecule has 0 aliphatic rings. The lowest BCUT2D eigenvalue weighted by Crippen LogP contribution is -2.26. The van der Waals surface area contributed by atoms with E-state index < -0.39 is 0 Å². The molecule has 25 heavy (non-hydrogen) atoms. The van der Waals surface area contributed by atoms with Crippen molar-refractivity contribution in [3.05, 3.63) is 70.9 Å². The average molecular weight is 355 g/mol. The van der Waals surface area contributed by atoms with E-state index in [9.17, 15) is 4.79 Å². The first-order chi connectivity index (χ1) is 12.1. The maximum Gasteiger partial charge on any atom is 0.220 e. The van der Waals surface area contributed by atoms with Gasteiger partial charge in [0.1, 0.15) is 0 Å². The topological polar surface area (TPSA) is 34.0 Å². The summed E-state index contributed by atoms with van der Waals surface area (Å²) in [7, 11) is 2.04. The van der Waals surface area contributed by atoms with E-state index >= 15 is 0 Å². The van der Waals surface area contributed by atoms with Crippen LogP contribution in [0, 0.1) is 0 Å². The van der Waals surface area contributed by atoms with Gasteiger partial charge in [0.2, 0.25) is 5.91 Å². The molecule has 0 aliphatic heterocycles. The van der Waals surface area contributed by atoms with Gasteiger partial charge >= 0.3 is 0 Å². The van der Waals surface area contributed by atoms with Gasteiger partial charge in [0.25, 0.3) is 0 Å². The number of carbonyl (C=O) groups excluding carboxylic acids is 1. The molecule has 1 atom stereocenters. The minimum atomic E-state index is 0.000206. The summed E-state index contributed by atoms with van der Waals surface area (Å²) in [4.78, 5) is 12.4. The molecule has 0 unspecified atom stereocenters. The molecule has 1 aromatic heterocycles. The van der Waals surface area contributed by atoms with Crippen LogP contribution in [0.25, 0.3) is 10.9 Å². The zero-order valence-electron chi connectivity index (χ0n) is 14.6. The predicted octanol–water partition coefficient (Wildman–Crippen LogP) is 4.88. The predicted molar refractivity (Wildman–Crippen MR) is 104 cm³/mol. The number of halogens is 1. The Labute approximate surface area is 153 Å². The molecule has 3 aromatic rings. The van der Waals surface area contributed by atoms with Crippen LogP contribution in [0.2, 0.25) is 5.02 Å². The van der Waals surface area contributed by atoms with Crippen LogP contribution >= 0.6 is 11.6 Å². The van der Waals surface area contributed by atoms with Crippen LogP contribution in [0.3, 0.4) is 0 Å². The largest absolute Gasteiger partial charge is 0.356 e. The van der Waals surface area contributed by atoms with Crippen molar-refractivity contribution in [3.63, 3.8) is 0 Å². The van der Waals surface area contributed by atoms with Crippen molar-refractivity contribution in [2.45, 2.75) is 25.7 Å². The van der Waals surface area contributed by atoms with Gasteiger partial charge in [-0.05, 0) is 35.7 Å². The molecule has 3 nitrogen and oxygen atoms in total. The Kier molecular flexibility index (Phi) is 5.44. The Morgan fingerprint density at radius 2 is 1.88 bits per heavy atom. The zero-order chi connectivity index (χ0) is 17.8.